The number of ether oxygens (including phenoxy) is 1. The quantitative estimate of drug-likeness (QED) is 0.695. The van der Waals surface area contributed by atoms with Crippen LogP contribution in [-0.2, 0) is 17.7 Å². The maximum Gasteiger partial charge on any atom is 0.219 e. The maximum atomic E-state index is 5.62. The number of nitrogens with one attached hydrogen (secondary N) is 1. The third-order valence-electron chi connectivity index (χ3n) is 4.77. The number of nitrogens with zero attached hydrogens (tertiary/aromatic N) is 5. The summed E-state index contributed by atoms with van der Waals surface area (Å²) in [5.41, 5.74) is 8.74. The Balaban J connectivity index is 1.71. The summed E-state index contributed by atoms with van der Waals surface area (Å²) < 4.78 is 6.68. The Labute approximate surface area is 154 Å². The van der Waals surface area contributed by atoms with E-state index in [9.17, 15) is 0 Å². The topological polar surface area (TPSA) is 102 Å². The zero-order chi connectivity index (χ0) is 17.5. The normalized spacial score (nSPS) is 17.5. The molecule has 3 aromatic rings. The summed E-state index contributed by atoms with van der Waals surface area (Å²) in [6.45, 7) is 4.98. The summed E-state index contributed by atoms with van der Waals surface area (Å²) in [7, 11) is 0. The lowest BCUT2D eigenvalue weighted by molar-refractivity contribution is 0.122. The molecule has 0 saturated carbocycles. The van der Waals surface area contributed by atoms with Crippen LogP contribution < -0.4 is 16.0 Å². The second-order valence-electron chi connectivity index (χ2n) is 6.41. The van der Waals surface area contributed by atoms with Gasteiger partial charge in [0.25, 0.3) is 0 Å². The minimum atomic E-state index is 0.250. The van der Waals surface area contributed by atoms with Gasteiger partial charge in [0.2, 0.25) is 5.95 Å². The highest BCUT2D eigenvalue weighted by Gasteiger charge is 2.24. The van der Waals surface area contributed by atoms with Crippen LogP contribution in [0.25, 0.3) is 21.6 Å². The molecule has 134 valence electrons. The van der Waals surface area contributed by atoms with Crippen molar-refractivity contribution in [1.29, 1.82) is 0 Å². The highest BCUT2D eigenvalue weighted by Crippen LogP contribution is 2.38. The van der Waals surface area contributed by atoms with E-state index in [1.165, 1.54) is 15.1 Å². The molecule has 1 saturated heterocycles. The van der Waals surface area contributed by atoms with E-state index < -0.39 is 0 Å². The fourth-order valence-electron chi connectivity index (χ4n) is 3.43. The number of anilines is 2. The Bertz CT molecular complexity index is 950. The number of nitrogens with two attached hydrogens (primary N) is 1. The van der Waals surface area contributed by atoms with E-state index in [0.717, 1.165) is 62.7 Å². The molecule has 5 heterocycles. The maximum absolute atomic E-state index is 5.62. The number of fused-ring (bicyclic) bond motifs is 3. The van der Waals surface area contributed by atoms with Gasteiger partial charge >= 0.3 is 0 Å². The van der Waals surface area contributed by atoms with Crippen LogP contribution in [0.5, 0.6) is 0 Å². The number of aromatic nitrogens is 4. The second-order valence-corrected chi connectivity index (χ2v) is 7.51. The number of thiophene rings is 1. The SMILES string of the molecule is Nc1ncc(-c2nc(N3CCOCC3)c3sc4c(c3n2)CNCC4)cn1. The summed E-state index contributed by atoms with van der Waals surface area (Å²) in [4.78, 5) is 21.7. The first-order chi connectivity index (χ1) is 12.8. The van der Waals surface area contributed by atoms with Crippen molar-refractivity contribution in [2.75, 3.05) is 43.5 Å². The Morgan fingerprint density at radius 1 is 1.15 bits per heavy atom. The van der Waals surface area contributed by atoms with Gasteiger partial charge in [0, 0.05) is 49.0 Å². The van der Waals surface area contributed by atoms with E-state index in [4.69, 9.17) is 20.4 Å². The van der Waals surface area contributed by atoms with Crippen LogP contribution in [0.3, 0.4) is 0 Å². The third kappa shape index (κ3) is 2.68. The van der Waals surface area contributed by atoms with E-state index in [1.807, 2.05) is 11.3 Å². The van der Waals surface area contributed by atoms with Crippen LogP contribution in [-0.4, -0.2) is 52.8 Å². The van der Waals surface area contributed by atoms with E-state index in [1.54, 1.807) is 12.4 Å². The van der Waals surface area contributed by atoms with Crippen molar-refractivity contribution in [1.82, 2.24) is 25.3 Å². The molecule has 2 aliphatic rings. The van der Waals surface area contributed by atoms with Gasteiger partial charge in [-0.2, -0.15) is 0 Å². The average Bonchev–Trinajstić information content (AvgIpc) is 3.07. The molecule has 0 bridgehead atoms. The summed E-state index contributed by atoms with van der Waals surface area (Å²) in [5, 5.41) is 3.46. The van der Waals surface area contributed by atoms with Gasteiger partial charge in [-0.3, -0.25) is 0 Å². The smallest absolute Gasteiger partial charge is 0.219 e. The highest BCUT2D eigenvalue weighted by molar-refractivity contribution is 7.19. The molecule has 0 radical (unpaired) electrons. The minimum Gasteiger partial charge on any atom is -0.378 e. The Morgan fingerprint density at radius 2 is 1.96 bits per heavy atom. The van der Waals surface area contributed by atoms with Crippen LogP contribution in [0, 0.1) is 0 Å². The molecule has 1 fully saturated rings. The minimum absolute atomic E-state index is 0.250. The Hall–Kier alpha value is -2.36. The van der Waals surface area contributed by atoms with Crippen molar-refractivity contribution in [2.24, 2.45) is 0 Å². The Morgan fingerprint density at radius 3 is 2.77 bits per heavy atom. The molecular weight excluding hydrogens is 350 g/mol. The number of morpholine rings is 1. The Kier molecular flexibility index (Phi) is 3.92. The predicted molar refractivity (Wildman–Crippen MR) is 101 cm³/mol. The molecule has 0 spiro atoms. The van der Waals surface area contributed by atoms with E-state index in [0.29, 0.717) is 5.82 Å². The van der Waals surface area contributed by atoms with Crippen LogP contribution in [0.4, 0.5) is 11.8 Å². The van der Waals surface area contributed by atoms with Crippen molar-refractivity contribution in [3.8, 4) is 11.4 Å². The monoisotopic (exact) mass is 369 g/mol. The van der Waals surface area contributed by atoms with E-state index >= 15 is 0 Å². The molecule has 26 heavy (non-hydrogen) atoms. The first kappa shape index (κ1) is 15.9. The fraction of sp³-hybridized carbons (Fsp3) is 0.412. The highest BCUT2D eigenvalue weighted by atomic mass is 32.1. The molecule has 0 atom stereocenters. The molecule has 0 aliphatic carbocycles. The molecule has 0 unspecified atom stereocenters. The molecule has 0 amide bonds. The van der Waals surface area contributed by atoms with Crippen LogP contribution in [0.15, 0.2) is 12.4 Å². The van der Waals surface area contributed by atoms with Gasteiger partial charge in [-0.1, -0.05) is 0 Å². The molecule has 3 aromatic heterocycles. The number of nitrogen functional groups attached to an aromatic ring is 1. The van der Waals surface area contributed by atoms with Gasteiger partial charge in [0.1, 0.15) is 0 Å². The van der Waals surface area contributed by atoms with E-state index in [-0.39, 0.29) is 5.95 Å². The zero-order valence-electron chi connectivity index (χ0n) is 14.2. The van der Waals surface area contributed by atoms with E-state index in [2.05, 4.69) is 20.2 Å². The van der Waals surface area contributed by atoms with Gasteiger partial charge in [-0.25, -0.2) is 19.9 Å². The van der Waals surface area contributed by atoms with Crippen molar-refractivity contribution in [3.05, 3.63) is 22.8 Å². The summed E-state index contributed by atoms with van der Waals surface area (Å²) in [5.74, 6) is 1.88. The van der Waals surface area contributed by atoms with Crippen LogP contribution >= 0.6 is 11.3 Å². The number of hydrogen-bond acceptors (Lipinski definition) is 9. The van der Waals surface area contributed by atoms with Crippen molar-refractivity contribution < 1.29 is 4.74 Å². The fourth-order valence-corrected chi connectivity index (χ4v) is 4.70. The summed E-state index contributed by atoms with van der Waals surface area (Å²) >= 11 is 1.83. The van der Waals surface area contributed by atoms with Crippen LogP contribution in [0.1, 0.15) is 10.4 Å². The molecule has 2 aliphatic heterocycles. The number of hydrogen-bond donors (Lipinski definition) is 2. The molecule has 0 aromatic carbocycles. The largest absolute Gasteiger partial charge is 0.378 e. The van der Waals surface area contributed by atoms with Crippen molar-refractivity contribution >= 4 is 33.3 Å². The zero-order valence-corrected chi connectivity index (χ0v) is 15.1. The predicted octanol–water partition coefficient (Wildman–Crippen LogP) is 1.21. The average molecular weight is 369 g/mol. The van der Waals surface area contributed by atoms with Gasteiger partial charge in [-0.15, -0.1) is 11.3 Å². The molecule has 3 N–H and O–H groups in total. The molecule has 9 heteroatoms. The lowest BCUT2D eigenvalue weighted by Crippen LogP contribution is -2.36. The third-order valence-corrected chi connectivity index (χ3v) is 6.04. The van der Waals surface area contributed by atoms with Gasteiger partial charge < -0.3 is 20.7 Å². The lowest BCUT2D eigenvalue weighted by Gasteiger charge is -2.28. The van der Waals surface area contributed by atoms with Gasteiger partial charge in [0.15, 0.2) is 11.6 Å². The standard InChI is InChI=1S/C17H19N7OS/c18-17-20-7-10(8-21-17)15-22-13-11-9-19-2-1-12(11)26-14(13)16(23-15)24-3-5-25-6-4-24/h7-8,19H,1-6,9H2,(H2,18,20,21). The van der Waals surface area contributed by atoms with Gasteiger partial charge in [0.05, 0.1) is 29.0 Å². The second kappa shape index (κ2) is 6.42. The van der Waals surface area contributed by atoms with Crippen LogP contribution in [0.2, 0.25) is 0 Å². The summed E-state index contributed by atoms with van der Waals surface area (Å²) in [6, 6.07) is 0. The first-order valence-electron chi connectivity index (χ1n) is 8.73. The van der Waals surface area contributed by atoms with Crippen molar-refractivity contribution in [3.63, 3.8) is 0 Å². The first-order valence-corrected chi connectivity index (χ1v) is 9.55. The van der Waals surface area contributed by atoms with Gasteiger partial charge in [-0.05, 0) is 6.42 Å². The summed E-state index contributed by atoms with van der Waals surface area (Å²) in [6.07, 6.45) is 4.41. The number of rotatable bonds is 2. The molecular formula is C17H19N7OS. The molecule has 8 nitrogen and oxygen atoms in total. The van der Waals surface area contributed by atoms with Crippen molar-refractivity contribution in [2.45, 2.75) is 13.0 Å². The molecule has 5 rings (SSSR count). The lowest BCUT2D eigenvalue weighted by atomic mass is 10.1.